The van der Waals surface area contributed by atoms with Crippen LogP contribution in [0.4, 0.5) is 5.69 Å². The van der Waals surface area contributed by atoms with Gasteiger partial charge in [0.1, 0.15) is 12.4 Å². The van der Waals surface area contributed by atoms with Crippen molar-refractivity contribution < 1.29 is 4.74 Å². The smallest absolute Gasteiger partial charge is 0.120 e. The zero-order valence-corrected chi connectivity index (χ0v) is 16.0. The van der Waals surface area contributed by atoms with Crippen molar-refractivity contribution in [1.82, 2.24) is 5.32 Å². The second kappa shape index (κ2) is 7.85. The van der Waals surface area contributed by atoms with E-state index in [-0.39, 0.29) is 6.04 Å². The van der Waals surface area contributed by atoms with Crippen LogP contribution in [-0.2, 0) is 13.0 Å². The van der Waals surface area contributed by atoms with Gasteiger partial charge in [-0.1, -0.05) is 48.5 Å². The van der Waals surface area contributed by atoms with E-state index >= 15 is 0 Å². The van der Waals surface area contributed by atoms with Gasteiger partial charge in [-0.05, 0) is 52.9 Å². The SMILES string of the molecule is CN(C)c1ccc(C2NCCc3cc(OCc4ccccc4)ccc32)cc1. The molecule has 1 heterocycles. The van der Waals surface area contributed by atoms with Gasteiger partial charge in [-0.3, -0.25) is 0 Å². The molecule has 1 N–H and O–H groups in total. The molecule has 138 valence electrons. The minimum atomic E-state index is 0.244. The highest BCUT2D eigenvalue weighted by atomic mass is 16.5. The number of nitrogens with zero attached hydrogens (tertiary/aromatic N) is 1. The van der Waals surface area contributed by atoms with E-state index in [2.05, 4.69) is 78.9 Å². The highest BCUT2D eigenvalue weighted by Gasteiger charge is 2.21. The number of benzene rings is 3. The summed E-state index contributed by atoms with van der Waals surface area (Å²) in [6.07, 6.45) is 1.03. The molecule has 0 fully saturated rings. The topological polar surface area (TPSA) is 24.5 Å². The van der Waals surface area contributed by atoms with Crippen molar-refractivity contribution in [3.63, 3.8) is 0 Å². The van der Waals surface area contributed by atoms with Gasteiger partial charge in [-0.2, -0.15) is 0 Å². The summed E-state index contributed by atoms with van der Waals surface area (Å²) >= 11 is 0. The first-order valence-corrected chi connectivity index (χ1v) is 9.51. The van der Waals surface area contributed by atoms with Gasteiger partial charge in [0.2, 0.25) is 0 Å². The van der Waals surface area contributed by atoms with E-state index in [4.69, 9.17) is 4.74 Å². The van der Waals surface area contributed by atoms with E-state index in [0.717, 1.165) is 18.7 Å². The normalized spacial score (nSPS) is 15.9. The van der Waals surface area contributed by atoms with Crippen molar-refractivity contribution in [3.05, 3.63) is 95.1 Å². The third-order valence-electron chi connectivity index (χ3n) is 5.16. The lowest BCUT2D eigenvalue weighted by Gasteiger charge is -2.28. The maximum atomic E-state index is 6.02. The minimum Gasteiger partial charge on any atom is -0.489 e. The Kier molecular flexibility index (Phi) is 5.12. The molecule has 0 aliphatic carbocycles. The number of hydrogen-bond donors (Lipinski definition) is 1. The highest BCUT2D eigenvalue weighted by Crippen LogP contribution is 2.32. The molecule has 3 nitrogen and oxygen atoms in total. The Bertz CT molecular complexity index is 888. The van der Waals surface area contributed by atoms with E-state index < -0.39 is 0 Å². The molecular weight excluding hydrogens is 332 g/mol. The number of fused-ring (bicyclic) bond motifs is 1. The van der Waals surface area contributed by atoms with Gasteiger partial charge in [-0.15, -0.1) is 0 Å². The fraction of sp³-hybridized carbons (Fsp3) is 0.250. The molecule has 0 bridgehead atoms. The molecular formula is C24H26N2O. The summed E-state index contributed by atoms with van der Waals surface area (Å²) in [7, 11) is 4.14. The Hall–Kier alpha value is -2.78. The summed E-state index contributed by atoms with van der Waals surface area (Å²) in [5.74, 6) is 0.946. The minimum absolute atomic E-state index is 0.244. The number of ether oxygens (including phenoxy) is 1. The lowest BCUT2D eigenvalue weighted by molar-refractivity contribution is 0.305. The Balaban J connectivity index is 1.53. The Morgan fingerprint density at radius 2 is 1.74 bits per heavy atom. The predicted octanol–water partition coefficient (Wildman–Crippen LogP) is 4.57. The highest BCUT2D eigenvalue weighted by molar-refractivity contribution is 5.49. The molecule has 1 atom stereocenters. The summed E-state index contributed by atoms with van der Waals surface area (Å²) < 4.78 is 6.02. The Morgan fingerprint density at radius 1 is 0.963 bits per heavy atom. The van der Waals surface area contributed by atoms with Crippen LogP contribution in [0.15, 0.2) is 72.8 Å². The molecule has 0 radical (unpaired) electrons. The second-order valence-electron chi connectivity index (χ2n) is 7.26. The van der Waals surface area contributed by atoms with E-state index in [1.165, 1.54) is 27.9 Å². The first-order valence-electron chi connectivity index (χ1n) is 9.51. The fourth-order valence-corrected chi connectivity index (χ4v) is 3.63. The Labute approximate surface area is 161 Å². The fourth-order valence-electron chi connectivity index (χ4n) is 3.63. The predicted molar refractivity (Wildman–Crippen MR) is 112 cm³/mol. The van der Waals surface area contributed by atoms with Crippen molar-refractivity contribution in [2.45, 2.75) is 19.1 Å². The first kappa shape index (κ1) is 17.6. The maximum Gasteiger partial charge on any atom is 0.120 e. The summed E-state index contributed by atoms with van der Waals surface area (Å²) in [6.45, 7) is 1.59. The van der Waals surface area contributed by atoms with Crippen LogP contribution in [0.3, 0.4) is 0 Å². The quantitative estimate of drug-likeness (QED) is 0.723. The van der Waals surface area contributed by atoms with Crippen LogP contribution < -0.4 is 15.0 Å². The number of anilines is 1. The van der Waals surface area contributed by atoms with E-state index in [9.17, 15) is 0 Å². The summed E-state index contributed by atoms with van der Waals surface area (Å²) in [6, 6.07) is 25.9. The van der Waals surface area contributed by atoms with Gasteiger partial charge in [0.05, 0.1) is 6.04 Å². The van der Waals surface area contributed by atoms with Crippen LogP contribution >= 0.6 is 0 Å². The maximum absolute atomic E-state index is 6.02. The van der Waals surface area contributed by atoms with Crippen LogP contribution in [0, 0.1) is 0 Å². The molecule has 1 unspecified atom stereocenters. The molecule has 3 aromatic rings. The lowest BCUT2D eigenvalue weighted by atomic mass is 9.89. The third kappa shape index (κ3) is 3.99. The molecule has 0 aromatic heterocycles. The average molecular weight is 358 g/mol. The van der Waals surface area contributed by atoms with Crippen molar-refractivity contribution in [2.24, 2.45) is 0 Å². The lowest BCUT2D eigenvalue weighted by Crippen LogP contribution is -2.30. The van der Waals surface area contributed by atoms with Crippen molar-refractivity contribution in [2.75, 3.05) is 25.5 Å². The first-order chi connectivity index (χ1) is 13.2. The van der Waals surface area contributed by atoms with Gasteiger partial charge >= 0.3 is 0 Å². The zero-order chi connectivity index (χ0) is 18.6. The van der Waals surface area contributed by atoms with Crippen LogP contribution in [0.2, 0.25) is 0 Å². The van der Waals surface area contributed by atoms with Gasteiger partial charge < -0.3 is 15.0 Å². The summed E-state index contributed by atoms with van der Waals surface area (Å²) in [5.41, 5.74) is 6.45. The van der Waals surface area contributed by atoms with Crippen LogP contribution in [-0.4, -0.2) is 20.6 Å². The molecule has 0 saturated heterocycles. The zero-order valence-electron chi connectivity index (χ0n) is 16.0. The van der Waals surface area contributed by atoms with Crippen molar-refractivity contribution in [3.8, 4) is 5.75 Å². The Morgan fingerprint density at radius 3 is 2.48 bits per heavy atom. The van der Waals surface area contributed by atoms with Gasteiger partial charge in [0, 0.05) is 26.3 Å². The monoisotopic (exact) mass is 358 g/mol. The average Bonchev–Trinajstić information content (AvgIpc) is 2.72. The molecule has 0 saturated carbocycles. The molecule has 27 heavy (non-hydrogen) atoms. The van der Waals surface area contributed by atoms with E-state index in [1.807, 2.05) is 18.2 Å². The van der Waals surface area contributed by atoms with Crippen molar-refractivity contribution in [1.29, 1.82) is 0 Å². The van der Waals surface area contributed by atoms with E-state index in [0.29, 0.717) is 6.61 Å². The van der Waals surface area contributed by atoms with Gasteiger partial charge in [0.25, 0.3) is 0 Å². The standard InChI is InChI=1S/C24H26N2O/c1-26(2)21-10-8-19(9-11-21)24-23-13-12-22(16-20(23)14-15-25-24)27-17-18-6-4-3-5-7-18/h3-13,16,24-25H,14-15,17H2,1-2H3. The molecule has 4 rings (SSSR count). The summed E-state index contributed by atoms with van der Waals surface area (Å²) in [4.78, 5) is 2.13. The number of rotatable bonds is 5. The largest absolute Gasteiger partial charge is 0.489 e. The van der Waals surface area contributed by atoms with E-state index in [1.54, 1.807) is 0 Å². The summed E-state index contributed by atoms with van der Waals surface area (Å²) in [5, 5.41) is 3.66. The third-order valence-corrected chi connectivity index (χ3v) is 5.16. The van der Waals surface area contributed by atoms with Crippen LogP contribution in [0.5, 0.6) is 5.75 Å². The molecule has 3 aromatic carbocycles. The van der Waals surface area contributed by atoms with Gasteiger partial charge in [0.15, 0.2) is 0 Å². The molecule has 1 aliphatic rings. The molecule has 1 aliphatic heterocycles. The van der Waals surface area contributed by atoms with Crippen LogP contribution in [0.25, 0.3) is 0 Å². The van der Waals surface area contributed by atoms with Crippen LogP contribution in [0.1, 0.15) is 28.3 Å². The number of hydrogen-bond acceptors (Lipinski definition) is 3. The number of nitrogens with one attached hydrogen (secondary N) is 1. The molecule has 0 spiro atoms. The van der Waals surface area contributed by atoms with Gasteiger partial charge in [-0.25, -0.2) is 0 Å². The molecule has 0 amide bonds. The second-order valence-corrected chi connectivity index (χ2v) is 7.26. The molecule has 3 heteroatoms. The van der Waals surface area contributed by atoms with Crippen molar-refractivity contribution >= 4 is 5.69 Å².